The first-order valence-corrected chi connectivity index (χ1v) is 6.89. The monoisotopic (exact) mass is 287 g/mol. The van der Waals surface area contributed by atoms with Crippen LogP contribution in [0.5, 0.6) is 0 Å². The van der Waals surface area contributed by atoms with Crippen LogP contribution in [0.3, 0.4) is 0 Å². The van der Waals surface area contributed by atoms with Gasteiger partial charge in [-0.05, 0) is 0 Å². The normalized spacial score (nSPS) is 18.4. The van der Waals surface area contributed by atoms with Crippen LogP contribution in [0.15, 0.2) is 30.3 Å². The smallest absolute Gasteiger partial charge is 0.250 e. The number of hydrogen-bond acceptors (Lipinski definition) is 5. The molecule has 0 aliphatic carbocycles. The summed E-state index contributed by atoms with van der Waals surface area (Å²) in [6, 6.07) is 9.68. The standard InChI is InChI=1S/C14H17N5O2/c20-14(11-8-15-6-7-21-11)16-9-12-17-13(19-18-12)10-4-2-1-3-5-10/h1-5,11,15H,6-9H2,(H,16,20)(H,17,18,19). The van der Waals surface area contributed by atoms with Crippen molar-refractivity contribution in [1.82, 2.24) is 25.8 Å². The van der Waals surface area contributed by atoms with Gasteiger partial charge in [0, 0.05) is 18.7 Å². The van der Waals surface area contributed by atoms with Gasteiger partial charge in [-0.15, -0.1) is 0 Å². The summed E-state index contributed by atoms with van der Waals surface area (Å²) in [5, 5.41) is 12.9. The molecule has 1 unspecified atom stereocenters. The summed E-state index contributed by atoms with van der Waals surface area (Å²) < 4.78 is 5.38. The number of aromatic amines is 1. The summed E-state index contributed by atoms with van der Waals surface area (Å²) in [5.41, 5.74) is 0.936. The second-order valence-electron chi connectivity index (χ2n) is 4.75. The molecule has 3 rings (SSSR count). The van der Waals surface area contributed by atoms with E-state index in [0.717, 1.165) is 12.1 Å². The molecule has 1 amide bonds. The van der Waals surface area contributed by atoms with Gasteiger partial charge in [-0.25, -0.2) is 4.98 Å². The number of H-pyrrole nitrogens is 1. The predicted octanol–water partition coefficient (Wildman–Crippen LogP) is 0.0763. The van der Waals surface area contributed by atoms with Crippen molar-refractivity contribution in [3.05, 3.63) is 36.2 Å². The fourth-order valence-electron chi connectivity index (χ4n) is 2.11. The maximum Gasteiger partial charge on any atom is 0.250 e. The first-order valence-electron chi connectivity index (χ1n) is 6.89. The third kappa shape index (κ3) is 3.45. The Hall–Kier alpha value is -2.25. The molecular formula is C14H17N5O2. The summed E-state index contributed by atoms with van der Waals surface area (Å²) >= 11 is 0. The summed E-state index contributed by atoms with van der Waals surface area (Å²) in [5.74, 6) is 1.10. The largest absolute Gasteiger partial charge is 0.366 e. The zero-order chi connectivity index (χ0) is 14.5. The van der Waals surface area contributed by atoms with Gasteiger partial charge in [-0.2, -0.15) is 5.10 Å². The van der Waals surface area contributed by atoms with Gasteiger partial charge in [0.15, 0.2) is 5.82 Å². The number of carbonyl (C=O) groups excluding carboxylic acids is 1. The van der Waals surface area contributed by atoms with E-state index in [1.165, 1.54) is 0 Å². The van der Waals surface area contributed by atoms with E-state index in [1.807, 2.05) is 30.3 Å². The molecule has 0 bridgehead atoms. The number of nitrogens with zero attached hydrogens (tertiary/aromatic N) is 2. The minimum atomic E-state index is -0.435. The highest BCUT2D eigenvalue weighted by Gasteiger charge is 2.21. The predicted molar refractivity (Wildman–Crippen MR) is 76.3 cm³/mol. The van der Waals surface area contributed by atoms with Crippen LogP contribution in [0.1, 0.15) is 5.82 Å². The quantitative estimate of drug-likeness (QED) is 0.740. The van der Waals surface area contributed by atoms with Crippen molar-refractivity contribution in [2.75, 3.05) is 19.7 Å². The molecule has 21 heavy (non-hydrogen) atoms. The molecule has 1 aliphatic rings. The van der Waals surface area contributed by atoms with Crippen molar-refractivity contribution >= 4 is 5.91 Å². The van der Waals surface area contributed by atoms with Crippen LogP contribution in [0.25, 0.3) is 11.4 Å². The average molecular weight is 287 g/mol. The number of ether oxygens (including phenoxy) is 1. The van der Waals surface area contributed by atoms with Crippen LogP contribution < -0.4 is 10.6 Å². The van der Waals surface area contributed by atoms with Crippen molar-refractivity contribution in [3.63, 3.8) is 0 Å². The molecule has 1 aromatic carbocycles. The number of morpholine rings is 1. The molecule has 1 atom stereocenters. The lowest BCUT2D eigenvalue weighted by atomic mass is 10.2. The zero-order valence-electron chi connectivity index (χ0n) is 11.5. The number of aromatic nitrogens is 3. The molecule has 1 saturated heterocycles. The third-order valence-corrected chi connectivity index (χ3v) is 3.21. The molecule has 0 spiro atoms. The maximum absolute atomic E-state index is 11.9. The summed E-state index contributed by atoms with van der Waals surface area (Å²) in [7, 11) is 0. The van der Waals surface area contributed by atoms with E-state index in [-0.39, 0.29) is 5.91 Å². The summed E-state index contributed by atoms with van der Waals surface area (Å²) in [6.45, 7) is 2.18. The number of hydrogen-bond donors (Lipinski definition) is 3. The van der Waals surface area contributed by atoms with E-state index in [4.69, 9.17) is 4.74 Å². The van der Waals surface area contributed by atoms with E-state index >= 15 is 0 Å². The first kappa shape index (κ1) is 13.7. The molecule has 1 aliphatic heterocycles. The average Bonchev–Trinajstić information content (AvgIpc) is 3.03. The number of amides is 1. The highest BCUT2D eigenvalue weighted by Crippen LogP contribution is 2.13. The van der Waals surface area contributed by atoms with Crippen LogP contribution in [-0.4, -0.2) is 46.9 Å². The molecule has 7 heteroatoms. The lowest BCUT2D eigenvalue weighted by Gasteiger charge is -2.22. The van der Waals surface area contributed by atoms with Crippen molar-refractivity contribution < 1.29 is 9.53 Å². The van der Waals surface area contributed by atoms with Crippen LogP contribution in [0.4, 0.5) is 0 Å². The minimum absolute atomic E-state index is 0.139. The topological polar surface area (TPSA) is 91.9 Å². The number of benzene rings is 1. The van der Waals surface area contributed by atoms with Gasteiger partial charge in [0.1, 0.15) is 11.9 Å². The molecule has 2 aromatic rings. The lowest BCUT2D eigenvalue weighted by molar-refractivity contribution is -0.134. The van der Waals surface area contributed by atoms with Gasteiger partial charge in [-0.1, -0.05) is 30.3 Å². The number of rotatable bonds is 4. The highest BCUT2D eigenvalue weighted by atomic mass is 16.5. The molecule has 0 saturated carbocycles. The van der Waals surface area contributed by atoms with Gasteiger partial charge in [0.2, 0.25) is 0 Å². The Bertz CT molecular complexity index is 592. The molecule has 110 valence electrons. The Labute approximate surface area is 122 Å². The van der Waals surface area contributed by atoms with Gasteiger partial charge >= 0.3 is 0 Å². The third-order valence-electron chi connectivity index (χ3n) is 3.21. The summed E-state index contributed by atoms with van der Waals surface area (Å²) in [4.78, 5) is 16.3. The Morgan fingerprint density at radius 1 is 1.38 bits per heavy atom. The Kier molecular flexibility index (Phi) is 4.23. The van der Waals surface area contributed by atoms with E-state index in [2.05, 4.69) is 25.8 Å². The lowest BCUT2D eigenvalue weighted by Crippen LogP contribution is -2.47. The molecule has 1 aromatic heterocycles. The maximum atomic E-state index is 11.9. The Morgan fingerprint density at radius 3 is 3.00 bits per heavy atom. The molecular weight excluding hydrogens is 270 g/mol. The van der Waals surface area contributed by atoms with E-state index in [9.17, 15) is 4.79 Å². The zero-order valence-corrected chi connectivity index (χ0v) is 11.5. The Balaban J connectivity index is 1.56. The van der Waals surface area contributed by atoms with Crippen LogP contribution in [0, 0.1) is 0 Å². The highest BCUT2D eigenvalue weighted by molar-refractivity contribution is 5.81. The molecule has 3 N–H and O–H groups in total. The molecule has 1 fully saturated rings. The van der Waals surface area contributed by atoms with Gasteiger partial charge in [0.05, 0.1) is 13.2 Å². The van der Waals surface area contributed by atoms with E-state index in [1.54, 1.807) is 0 Å². The van der Waals surface area contributed by atoms with Crippen molar-refractivity contribution in [1.29, 1.82) is 0 Å². The van der Waals surface area contributed by atoms with Crippen molar-refractivity contribution in [2.45, 2.75) is 12.6 Å². The van der Waals surface area contributed by atoms with Crippen LogP contribution >= 0.6 is 0 Å². The van der Waals surface area contributed by atoms with E-state index < -0.39 is 6.10 Å². The SMILES string of the molecule is O=C(NCc1nc(-c2ccccc2)n[nH]1)C1CNCCO1. The van der Waals surface area contributed by atoms with Gasteiger partial charge in [0.25, 0.3) is 5.91 Å². The second kappa shape index (κ2) is 6.47. The minimum Gasteiger partial charge on any atom is -0.366 e. The first-order chi connectivity index (χ1) is 10.3. The van der Waals surface area contributed by atoms with Crippen molar-refractivity contribution in [2.24, 2.45) is 0 Å². The second-order valence-corrected chi connectivity index (χ2v) is 4.75. The molecule has 2 heterocycles. The van der Waals surface area contributed by atoms with Crippen molar-refractivity contribution in [3.8, 4) is 11.4 Å². The van der Waals surface area contributed by atoms with Gasteiger partial charge in [-0.3, -0.25) is 9.89 Å². The molecule has 7 nitrogen and oxygen atoms in total. The number of nitrogens with one attached hydrogen (secondary N) is 3. The number of carbonyl (C=O) groups is 1. The summed E-state index contributed by atoms with van der Waals surface area (Å²) in [6.07, 6.45) is -0.435. The molecule has 0 radical (unpaired) electrons. The van der Waals surface area contributed by atoms with Gasteiger partial charge < -0.3 is 15.4 Å². The fourth-order valence-corrected chi connectivity index (χ4v) is 2.11. The van der Waals surface area contributed by atoms with E-state index in [0.29, 0.717) is 31.3 Å². The van der Waals surface area contributed by atoms with Crippen LogP contribution in [0.2, 0.25) is 0 Å². The Morgan fingerprint density at radius 2 is 2.24 bits per heavy atom. The van der Waals surface area contributed by atoms with Crippen LogP contribution in [-0.2, 0) is 16.1 Å². The fraction of sp³-hybridized carbons (Fsp3) is 0.357.